The van der Waals surface area contributed by atoms with E-state index in [0.29, 0.717) is 38.4 Å². The van der Waals surface area contributed by atoms with Crippen LogP contribution in [0.15, 0.2) is 23.2 Å². The zero-order chi connectivity index (χ0) is 28.2. The van der Waals surface area contributed by atoms with Gasteiger partial charge < -0.3 is 30.1 Å². The van der Waals surface area contributed by atoms with Crippen LogP contribution in [0.1, 0.15) is 103 Å². The summed E-state index contributed by atoms with van der Waals surface area (Å²) in [6.45, 7) is 6.74. The van der Waals surface area contributed by atoms with Gasteiger partial charge in [-0.3, -0.25) is 9.59 Å². The molecule has 1 fully saturated rings. The van der Waals surface area contributed by atoms with Crippen LogP contribution in [0.5, 0.6) is 5.75 Å². The number of hydrogen-bond donors (Lipinski definition) is 2. The molecule has 9 nitrogen and oxygen atoms in total. The number of hydrogen-bond acceptors (Lipinski definition) is 8. The van der Waals surface area contributed by atoms with Crippen LogP contribution in [0.3, 0.4) is 0 Å². The molecule has 1 amide bonds. The molecule has 218 valence electrons. The number of aliphatic imine (C=N–C) groups is 1. The van der Waals surface area contributed by atoms with Crippen molar-refractivity contribution in [2.75, 3.05) is 13.2 Å². The molecule has 9 heteroatoms. The van der Waals surface area contributed by atoms with Gasteiger partial charge in [-0.15, -0.1) is 0 Å². The first-order chi connectivity index (χ1) is 18.8. The molecule has 0 spiro atoms. The normalized spacial score (nSPS) is 16.4. The van der Waals surface area contributed by atoms with Crippen LogP contribution in [0.4, 0.5) is 5.69 Å². The topological polar surface area (TPSA) is 118 Å². The number of nitrogens with zero attached hydrogens (tertiary/aromatic N) is 3. The summed E-state index contributed by atoms with van der Waals surface area (Å²) < 4.78 is 11.2. The Bertz CT molecular complexity index is 961. The van der Waals surface area contributed by atoms with Crippen molar-refractivity contribution in [3.8, 4) is 5.75 Å². The van der Waals surface area contributed by atoms with Crippen LogP contribution < -0.4 is 10.5 Å². The number of amides is 1. The Kier molecular flexibility index (Phi) is 12.4. The highest BCUT2D eigenvalue weighted by Crippen LogP contribution is 2.30. The SMILES string of the molecule is CCCCCC(O)N(C(=O)CCCCOc1ccc2c(c1)CN(CC(=O)OC(C)C)C(N)=N2)C1CCCCC1. The van der Waals surface area contributed by atoms with Gasteiger partial charge in [0.1, 0.15) is 18.5 Å². The van der Waals surface area contributed by atoms with Gasteiger partial charge in [-0.1, -0.05) is 39.0 Å². The Morgan fingerprint density at radius 1 is 1.15 bits per heavy atom. The molecule has 3 rings (SSSR count). The van der Waals surface area contributed by atoms with Gasteiger partial charge in [0, 0.05) is 24.6 Å². The molecule has 39 heavy (non-hydrogen) atoms. The molecule has 3 N–H and O–H groups in total. The molecule has 1 atom stereocenters. The van der Waals surface area contributed by atoms with Crippen molar-refractivity contribution in [2.24, 2.45) is 10.7 Å². The van der Waals surface area contributed by atoms with Crippen molar-refractivity contribution < 1.29 is 24.2 Å². The van der Waals surface area contributed by atoms with E-state index < -0.39 is 6.23 Å². The Hall–Kier alpha value is -2.81. The van der Waals surface area contributed by atoms with Crippen molar-refractivity contribution in [2.45, 2.75) is 123 Å². The first-order valence-corrected chi connectivity index (χ1v) is 14.8. The maximum atomic E-state index is 13.2. The molecule has 1 aliphatic carbocycles. The van der Waals surface area contributed by atoms with E-state index in [0.717, 1.165) is 68.4 Å². The van der Waals surface area contributed by atoms with E-state index in [2.05, 4.69) is 11.9 Å². The molecule has 0 aromatic heterocycles. The third-order valence-corrected chi connectivity index (χ3v) is 7.36. The number of carbonyl (C=O) groups is 2. The van der Waals surface area contributed by atoms with Crippen LogP contribution in [0, 0.1) is 0 Å². The Balaban J connectivity index is 1.47. The summed E-state index contributed by atoms with van der Waals surface area (Å²) in [5.41, 5.74) is 7.75. The average Bonchev–Trinajstić information content (AvgIpc) is 2.89. The number of aliphatic hydroxyl groups excluding tert-OH is 1. The van der Waals surface area contributed by atoms with E-state index in [-0.39, 0.29) is 30.6 Å². The molecule has 0 bridgehead atoms. The number of nitrogens with two attached hydrogens (primary N) is 1. The van der Waals surface area contributed by atoms with Gasteiger partial charge in [0.25, 0.3) is 0 Å². The molecule has 0 radical (unpaired) electrons. The lowest BCUT2D eigenvalue weighted by molar-refractivity contribution is -0.148. The van der Waals surface area contributed by atoms with E-state index in [1.807, 2.05) is 32.0 Å². The minimum absolute atomic E-state index is 0.0389. The molecule has 1 aromatic rings. The van der Waals surface area contributed by atoms with Crippen LogP contribution in [0.25, 0.3) is 0 Å². The minimum Gasteiger partial charge on any atom is -0.494 e. The molecule has 2 aliphatic rings. The molecular weight excluding hydrogens is 496 g/mol. The Morgan fingerprint density at radius 2 is 1.92 bits per heavy atom. The van der Waals surface area contributed by atoms with Crippen molar-refractivity contribution in [1.29, 1.82) is 0 Å². The zero-order valence-corrected chi connectivity index (χ0v) is 24.1. The van der Waals surface area contributed by atoms with Gasteiger partial charge in [-0.05, 0) is 70.6 Å². The van der Waals surface area contributed by atoms with Crippen LogP contribution in [-0.4, -0.2) is 64.3 Å². The summed E-state index contributed by atoms with van der Waals surface area (Å²) in [5, 5.41) is 10.9. The van der Waals surface area contributed by atoms with E-state index in [4.69, 9.17) is 15.2 Å². The number of carbonyl (C=O) groups excluding carboxylic acids is 2. The van der Waals surface area contributed by atoms with Gasteiger partial charge in [0.2, 0.25) is 5.91 Å². The summed E-state index contributed by atoms with van der Waals surface area (Å²) in [7, 11) is 0. The van der Waals surface area contributed by atoms with Crippen LogP contribution in [0.2, 0.25) is 0 Å². The second-order valence-electron chi connectivity index (χ2n) is 11.0. The lowest BCUT2D eigenvalue weighted by Gasteiger charge is -2.38. The first kappa shape index (κ1) is 30.7. The summed E-state index contributed by atoms with van der Waals surface area (Å²) in [4.78, 5) is 33.2. The van der Waals surface area contributed by atoms with E-state index >= 15 is 0 Å². The predicted octanol–water partition coefficient (Wildman–Crippen LogP) is 5.01. The van der Waals surface area contributed by atoms with E-state index in [9.17, 15) is 14.7 Å². The second kappa shape index (κ2) is 15.7. The lowest BCUT2D eigenvalue weighted by Crippen LogP contribution is -2.48. The standard InChI is InChI=1S/C30H48N4O5/c1-4-5-7-14-27(35)34(24-12-8-6-9-13-24)28(36)15-10-11-18-38-25-16-17-26-23(19-25)20-33(30(31)32-26)21-29(37)39-22(2)3/h16-17,19,22,24,27,35H,4-15,18,20-21H2,1-3H3,(H2,31,32). The number of rotatable bonds is 15. The molecule has 0 saturated heterocycles. The highest BCUT2D eigenvalue weighted by Gasteiger charge is 2.30. The number of esters is 1. The molecule has 1 unspecified atom stereocenters. The third-order valence-electron chi connectivity index (χ3n) is 7.36. The fourth-order valence-corrected chi connectivity index (χ4v) is 5.35. The van der Waals surface area contributed by atoms with Crippen LogP contribution >= 0.6 is 0 Å². The van der Waals surface area contributed by atoms with Crippen molar-refractivity contribution in [3.05, 3.63) is 23.8 Å². The van der Waals surface area contributed by atoms with E-state index in [1.54, 1.807) is 9.80 Å². The summed E-state index contributed by atoms with van der Waals surface area (Å²) in [6, 6.07) is 5.82. The van der Waals surface area contributed by atoms with Crippen molar-refractivity contribution >= 4 is 23.5 Å². The fraction of sp³-hybridized carbons (Fsp3) is 0.700. The summed E-state index contributed by atoms with van der Waals surface area (Å²) >= 11 is 0. The minimum atomic E-state index is -0.678. The monoisotopic (exact) mass is 544 g/mol. The van der Waals surface area contributed by atoms with Crippen molar-refractivity contribution in [3.63, 3.8) is 0 Å². The summed E-state index contributed by atoms with van der Waals surface area (Å²) in [6.07, 6.45) is 10.2. The second-order valence-corrected chi connectivity index (χ2v) is 11.0. The molecule has 1 aliphatic heterocycles. The van der Waals surface area contributed by atoms with Gasteiger partial charge in [0.15, 0.2) is 5.96 Å². The number of ether oxygens (including phenoxy) is 2. The van der Waals surface area contributed by atoms with Crippen LogP contribution in [-0.2, 0) is 20.9 Å². The Labute approximate surface area is 233 Å². The Morgan fingerprint density at radius 3 is 2.64 bits per heavy atom. The number of guanidine groups is 1. The number of benzene rings is 1. The predicted molar refractivity (Wildman–Crippen MR) is 153 cm³/mol. The molecular formula is C30H48N4O5. The molecule has 1 aromatic carbocycles. The quantitative estimate of drug-likeness (QED) is 0.181. The lowest BCUT2D eigenvalue weighted by atomic mass is 9.93. The van der Waals surface area contributed by atoms with Gasteiger partial charge in [-0.25, -0.2) is 4.99 Å². The number of unbranched alkanes of at least 4 members (excludes halogenated alkanes) is 3. The first-order valence-electron chi connectivity index (χ1n) is 14.8. The maximum Gasteiger partial charge on any atom is 0.325 e. The average molecular weight is 545 g/mol. The van der Waals surface area contributed by atoms with Gasteiger partial charge in [-0.2, -0.15) is 0 Å². The van der Waals surface area contributed by atoms with Gasteiger partial charge >= 0.3 is 5.97 Å². The van der Waals surface area contributed by atoms with Gasteiger partial charge in [0.05, 0.1) is 18.4 Å². The molecule has 1 heterocycles. The summed E-state index contributed by atoms with van der Waals surface area (Å²) in [5.74, 6) is 0.727. The highest BCUT2D eigenvalue weighted by atomic mass is 16.5. The largest absolute Gasteiger partial charge is 0.494 e. The number of aliphatic hydroxyl groups is 1. The zero-order valence-electron chi connectivity index (χ0n) is 24.1. The maximum absolute atomic E-state index is 13.2. The third kappa shape index (κ3) is 9.71. The smallest absolute Gasteiger partial charge is 0.325 e. The molecule has 1 saturated carbocycles. The number of fused-ring (bicyclic) bond motifs is 1. The van der Waals surface area contributed by atoms with E-state index in [1.165, 1.54) is 6.42 Å². The van der Waals surface area contributed by atoms with Crippen molar-refractivity contribution in [1.82, 2.24) is 9.80 Å². The highest BCUT2D eigenvalue weighted by molar-refractivity contribution is 5.87. The fourth-order valence-electron chi connectivity index (χ4n) is 5.35.